The molecule has 31 heavy (non-hydrogen) atoms. The molecular formula is C20H17N7O3S. The van der Waals surface area contributed by atoms with E-state index in [0.717, 1.165) is 16.5 Å². The van der Waals surface area contributed by atoms with E-state index in [4.69, 9.17) is 0 Å². The standard InChI is InChI=1S/C20H17N7O3S/c28-19(22-16-9-3-4-10-18(16)27(29)30)21-12-13-31-20-23-24-25-26(20)17-11-5-7-14-6-1-2-8-15(14)17/h1-11H,12-13H2,(H2,21,22,28). The minimum Gasteiger partial charge on any atom is -0.337 e. The van der Waals surface area contributed by atoms with Gasteiger partial charge in [-0.25, -0.2) is 4.79 Å². The fourth-order valence-electron chi connectivity index (χ4n) is 3.03. The number of nitro groups is 1. The molecule has 4 aromatic rings. The number of rotatable bonds is 7. The molecule has 0 bridgehead atoms. The van der Waals surface area contributed by atoms with Gasteiger partial charge in [0.25, 0.3) is 5.69 Å². The van der Waals surface area contributed by atoms with Crippen LogP contribution in [0.15, 0.2) is 71.9 Å². The van der Waals surface area contributed by atoms with Crippen LogP contribution < -0.4 is 10.6 Å². The minimum atomic E-state index is -0.543. The zero-order chi connectivity index (χ0) is 21.6. The summed E-state index contributed by atoms with van der Waals surface area (Å²) >= 11 is 1.39. The van der Waals surface area contributed by atoms with Crippen molar-refractivity contribution >= 4 is 39.9 Å². The van der Waals surface area contributed by atoms with Crippen molar-refractivity contribution in [3.8, 4) is 5.69 Å². The first kappa shape index (κ1) is 20.3. The first-order valence-corrected chi connectivity index (χ1v) is 10.3. The molecule has 0 fully saturated rings. The molecule has 0 unspecified atom stereocenters. The summed E-state index contributed by atoms with van der Waals surface area (Å²) in [6.45, 7) is 0.319. The molecule has 0 aliphatic carbocycles. The number of carbonyl (C=O) groups excluding carboxylic acids is 1. The number of aromatic nitrogens is 4. The van der Waals surface area contributed by atoms with E-state index in [9.17, 15) is 14.9 Å². The van der Waals surface area contributed by atoms with Crippen molar-refractivity contribution in [3.05, 3.63) is 76.8 Å². The highest BCUT2D eigenvalue weighted by molar-refractivity contribution is 7.99. The lowest BCUT2D eigenvalue weighted by Gasteiger charge is -2.09. The molecule has 4 rings (SSSR count). The summed E-state index contributed by atoms with van der Waals surface area (Å²) in [5, 5.41) is 30.9. The summed E-state index contributed by atoms with van der Waals surface area (Å²) in [6.07, 6.45) is 0. The predicted octanol–water partition coefficient (Wildman–Crippen LogP) is 3.64. The third kappa shape index (κ3) is 4.61. The molecule has 156 valence electrons. The van der Waals surface area contributed by atoms with Gasteiger partial charge in [-0.3, -0.25) is 10.1 Å². The normalized spacial score (nSPS) is 10.7. The Labute approximate surface area is 180 Å². The van der Waals surface area contributed by atoms with Gasteiger partial charge in [-0.1, -0.05) is 60.3 Å². The van der Waals surface area contributed by atoms with Gasteiger partial charge in [0.05, 0.1) is 10.6 Å². The smallest absolute Gasteiger partial charge is 0.319 e. The summed E-state index contributed by atoms with van der Waals surface area (Å²) in [4.78, 5) is 22.6. The van der Waals surface area contributed by atoms with E-state index in [-0.39, 0.29) is 11.4 Å². The third-order valence-electron chi connectivity index (χ3n) is 4.40. The van der Waals surface area contributed by atoms with E-state index in [0.29, 0.717) is 17.5 Å². The molecule has 1 aromatic heterocycles. The van der Waals surface area contributed by atoms with Crippen molar-refractivity contribution in [2.24, 2.45) is 0 Å². The zero-order valence-electron chi connectivity index (χ0n) is 16.1. The Balaban J connectivity index is 1.36. The number of benzene rings is 3. The lowest BCUT2D eigenvalue weighted by Crippen LogP contribution is -2.30. The van der Waals surface area contributed by atoms with Crippen molar-refractivity contribution in [3.63, 3.8) is 0 Å². The van der Waals surface area contributed by atoms with Crippen LogP contribution in [-0.2, 0) is 0 Å². The first-order valence-electron chi connectivity index (χ1n) is 9.31. The van der Waals surface area contributed by atoms with Gasteiger partial charge in [0.2, 0.25) is 5.16 Å². The summed E-state index contributed by atoms with van der Waals surface area (Å²) in [7, 11) is 0. The number of carbonyl (C=O) groups is 1. The number of hydrogen-bond donors (Lipinski definition) is 2. The Morgan fingerprint density at radius 1 is 1.06 bits per heavy atom. The number of tetrazole rings is 1. The van der Waals surface area contributed by atoms with Gasteiger partial charge in [0.15, 0.2) is 0 Å². The number of hydrogen-bond acceptors (Lipinski definition) is 7. The van der Waals surface area contributed by atoms with Crippen LogP contribution in [0.5, 0.6) is 0 Å². The van der Waals surface area contributed by atoms with Crippen molar-refractivity contribution in [1.82, 2.24) is 25.5 Å². The van der Waals surface area contributed by atoms with Crippen LogP contribution in [0, 0.1) is 10.1 Å². The lowest BCUT2D eigenvalue weighted by atomic mass is 10.1. The number of nitrogens with one attached hydrogen (secondary N) is 2. The second-order valence-electron chi connectivity index (χ2n) is 6.38. The average Bonchev–Trinajstić information content (AvgIpc) is 3.25. The molecule has 0 atom stereocenters. The van der Waals surface area contributed by atoms with Gasteiger partial charge >= 0.3 is 6.03 Å². The average molecular weight is 435 g/mol. The van der Waals surface area contributed by atoms with Gasteiger partial charge in [0, 0.05) is 23.8 Å². The number of amides is 2. The van der Waals surface area contributed by atoms with Gasteiger partial charge < -0.3 is 10.6 Å². The molecule has 0 saturated carbocycles. The van der Waals surface area contributed by atoms with Crippen molar-refractivity contribution in [1.29, 1.82) is 0 Å². The Hall–Kier alpha value is -3.99. The molecule has 11 heteroatoms. The summed E-state index contributed by atoms with van der Waals surface area (Å²) in [5.74, 6) is 0.509. The fraction of sp³-hybridized carbons (Fsp3) is 0.100. The summed E-state index contributed by atoms with van der Waals surface area (Å²) in [6, 6.07) is 19.3. The maximum Gasteiger partial charge on any atom is 0.319 e. The van der Waals surface area contributed by atoms with E-state index in [2.05, 4.69) is 26.2 Å². The second-order valence-corrected chi connectivity index (χ2v) is 7.44. The molecule has 2 N–H and O–H groups in total. The maximum atomic E-state index is 12.1. The monoisotopic (exact) mass is 435 g/mol. The molecular weight excluding hydrogens is 418 g/mol. The van der Waals surface area contributed by atoms with Gasteiger partial charge in [-0.2, -0.15) is 4.68 Å². The van der Waals surface area contributed by atoms with Crippen LogP contribution in [0.1, 0.15) is 0 Å². The van der Waals surface area contributed by atoms with E-state index in [1.54, 1.807) is 10.7 Å². The van der Waals surface area contributed by atoms with Crippen LogP contribution in [-0.4, -0.2) is 43.5 Å². The third-order valence-corrected chi connectivity index (χ3v) is 5.32. The summed E-state index contributed by atoms with van der Waals surface area (Å²) in [5.41, 5.74) is 0.839. The van der Waals surface area contributed by atoms with Crippen LogP contribution >= 0.6 is 11.8 Å². The van der Waals surface area contributed by atoms with Crippen LogP contribution in [0.2, 0.25) is 0 Å². The van der Waals surface area contributed by atoms with Crippen LogP contribution in [0.3, 0.4) is 0 Å². The number of para-hydroxylation sites is 2. The Bertz CT molecular complexity index is 1240. The molecule has 0 aliphatic heterocycles. The van der Waals surface area contributed by atoms with Crippen molar-refractivity contribution in [2.75, 3.05) is 17.6 Å². The van der Waals surface area contributed by atoms with E-state index in [1.807, 2.05) is 42.5 Å². The van der Waals surface area contributed by atoms with Gasteiger partial charge in [0.1, 0.15) is 5.69 Å². The quantitative estimate of drug-likeness (QED) is 0.196. The molecule has 0 saturated heterocycles. The van der Waals surface area contributed by atoms with E-state index < -0.39 is 11.0 Å². The number of nitrogens with zero attached hydrogens (tertiary/aromatic N) is 5. The van der Waals surface area contributed by atoms with Gasteiger partial charge in [-0.15, -0.1) is 5.10 Å². The Kier molecular flexibility index (Phi) is 6.03. The van der Waals surface area contributed by atoms with Crippen molar-refractivity contribution < 1.29 is 9.72 Å². The molecule has 1 heterocycles. The highest BCUT2D eigenvalue weighted by atomic mass is 32.2. The first-order chi connectivity index (χ1) is 15.1. The highest BCUT2D eigenvalue weighted by Crippen LogP contribution is 2.25. The second kappa shape index (κ2) is 9.22. The highest BCUT2D eigenvalue weighted by Gasteiger charge is 2.15. The van der Waals surface area contributed by atoms with Crippen LogP contribution in [0.4, 0.5) is 16.2 Å². The summed E-state index contributed by atoms with van der Waals surface area (Å²) < 4.78 is 1.67. The predicted molar refractivity (Wildman–Crippen MR) is 118 cm³/mol. The van der Waals surface area contributed by atoms with Crippen LogP contribution in [0.25, 0.3) is 16.5 Å². The molecule has 10 nitrogen and oxygen atoms in total. The molecule has 0 radical (unpaired) electrons. The molecule has 2 amide bonds. The number of thioether (sulfide) groups is 1. The van der Waals surface area contributed by atoms with E-state index in [1.165, 1.54) is 30.0 Å². The van der Waals surface area contributed by atoms with E-state index >= 15 is 0 Å². The zero-order valence-corrected chi connectivity index (χ0v) is 17.0. The lowest BCUT2D eigenvalue weighted by molar-refractivity contribution is -0.383. The number of fused-ring (bicyclic) bond motifs is 1. The number of nitro benzene ring substituents is 1. The minimum absolute atomic E-state index is 0.137. The molecule has 0 aliphatic rings. The molecule has 3 aromatic carbocycles. The largest absolute Gasteiger partial charge is 0.337 e. The number of urea groups is 1. The SMILES string of the molecule is O=C(NCCSc1nnnn1-c1cccc2ccccc12)Nc1ccccc1[N+](=O)[O-]. The van der Waals surface area contributed by atoms with Gasteiger partial charge in [-0.05, 0) is 27.9 Å². The molecule has 0 spiro atoms. The Morgan fingerprint density at radius 2 is 1.84 bits per heavy atom. The fourth-order valence-corrected chi connectivity index (χ4v) is 3.76. The topological polar surface area (TPSA) is 128 Å². The number of anilines is 1. The maximum absolute atomic E-state index is 12.1. The van der Waals surface area contributed by atoms with Crippen molar-refractivity contribution in [2.45, 2.75) is 5.16 Å². The Morgan fingerprint density at radius 3 is 2.71 bits per heavy atom.